The van der Waals surface area contributed by atoms with Crippen molar-refractivity contribution in [1.82, 2.24) is 0 Å². The molecule has 0 N–H and O–H groups in total. The summed E-state index contributed by atoms with van der Waals surface area (Å²) in [5.74, 6) is -8.10. The van der Waals surface area contributed by atoms with E-state index in [1.54, 1.807) is 0 Å². The van der Waals surface area contributed by atoms with Crippen LogP contribution >= 0.6 is 7.92 Å². The Balaban J connectivity index is 3.00. The van der Waals surface area contributed by atoms with Gasteiger partial charge in [-0.2, -0.15) is 8.78 Å². The van der Waals surface area contributed by atoms with Gasteiger partial charge >= 0.3 is 0 Å². The first-order chi connectivity index (χ1) is 12.8. The summed E-state index contributed by atoms with van der Waals surface area (Å²) >= 11 is 0. The highest BCUT2D eigenvalue weighted by Gasteiger charge is 2.36. The molecule has 0 saturated heterocycles. The Morgan fingerprint density at radius 3 is 1.78 bits per heavy atom. The molecule has 6 heteroatoms. The summed E-state index contributed by atoms with van der Waals surface area (Å²) in [5, 5.41) is -0.530. The monoisotopic (exact) mass is 411 g/mol. The highest BCUT2D eigenvalue weighted by molar-refractivity contribution is 7.65. The Bertz CT molecular complexity index is 561. The molecule has 0 bridgehead atoms. The van der Waals surface area contributed by atoms with E-state index in [1.807, 2.05) is 13.8 Å². The van der Waals surface area contributed by atoms with Crippen LogP contribution in [0.1, 0.15) is 72.6 Å². The summed E-state index contributed by atoms with van der Waals surface area (Å²) in [6.45, 7) is 8.30. The number of hydrogen-bond acceptors (Lipinski definition) is 0. The molecule has 156 valence electrons. The van der Waals surface area contributed by atoms with Crippen molar-refractivity contribution >= 4 is 13.2 Å². The van der Waals surface area contributed by atoms with Crippen molar-refractivity contribution in [1.29, 1.82) is 0 Å². The molecule has 1 aromatic carbocycles. The van der Waals surface area contributed by atoms with Gasteiger partial charge in [-0.05, 0) is 24.7 Å². The first kappa shape index (κ1) is 24.3. The van der Waals surface area contributed by atoms with Crippen LogP contribution in [0.15, 0.2) is 0 Å². The van der Waals surface area contributed by atoms with E-state index in [1.165, 1.54) is 0 Å². The van der Waals surface area contributed by atoms with Crippen molar-refractivity contribution in [3.8, 4) is 0 Å². The van der Waals surface area contributed by atoms with Gasteiger partial charge in [0.05, 0.1) is 12.3 Å². The molecule has 0 radical (unpaired) electrons. The molecule has 0 aliphatic rings. The van der Waals surface area contributed by atoms with E-state index >= 15 is 0 Å². The topological polar surface area (TPSA) is 0 Å². The number of rotatable bonds is 12. The van der Waals surface area contributed by atoms with Crippen LogP contribution in [-0.2, 0) is 0 Å². The third kappa shape index (κ3) is 6.69. The lowest BCUT2D eigenvalue weighted by Gasteiger charge is -2.19. The van der Waals surface area contributed by atoms with Gasteiger partial charge in [0.1, 0.15) is 0 Å². The maximum Gasteiger partial charge on any atom is 0.206 e. The van der Waals surface area contributed by atoms with Gasteiger partial charge in [-0.15, -0.1) is 0 Å². The van der Waals surface area contributed by atoms with Gasteiger partial charge in [0, 0.05) is 7.92 Å². The van der Waals surface area contributed by atoms with Crippen molar-refractivity contribution in [2.45, 2.75) is 72.6 Å². The Morgan fingerprint density at radius 2 is 1.30 bits per heavy atom. The highest BCUT2D eigenvalue weighted by atomic mass is 31.1. The van der Waals surface area contributed by atoms with E-state index in [4.69, 9.17) is 0 Å². The summed E-state index contributed by atoms with van der Waals surface area (Å²) in [5.41, 5.74) is 0. The molecule has 27 heavy (non-hydrogen) atoms. The Kier molecular flexibility index (Phi) is 10.8. The molecule has 1 rings (SSSR count). The van der Waals surface area contributed by atoms with Gasteiger partial charge in [0.15, 0.2) is 5.30 Å². The first-order valence-electron chi connectivity index (χ1n) is 10.1. The summed E-state index contributed by atoms with van der Waals surface area (Å²) in [6, 6.07) is 0. The average molecular weight is 411 g/mol. The van der Waals surface area contributed by atoms with Gasteiger partial charge in [-0.3, -0.25) is 0 Å². The standard InChI is InChI=1S/C21H32F5P/c1-5-8-12-27(13-14(4)10-11-15(7-3)9-6-2)21-19(25)17(23)16(22)18(24)20(21)26/h14-15H,5-13H2,1-4H3/p+1. The number of halogens is 5. The molecule has 0 saturated carbocycles. The van der Waals surface area contributed by atoms with Gasteiger partial charge in [0.2, 0.25) is 29.1 Å². The zero-order valence-electron chi connectivity index (χ0n) is 16.9. The zero-order valence-corrected chi connectivity index (χ0v) is 17.9. The van der Waals surface area contributed by atoms with E-state index in [2.05, 4.69) is 13.8 Å². The first-order valence-corrected chi connectivity index (χ1v) is 12.1. The molecule has 0 nitrogen and oxygen atoms in total. The minimum Gasteiger partial charge on any atom is -0.200 e. The van der Waals surface area contributed by atoms with Gasteiger partial charge in [0.25, 0.3) is 0 Å². The quantitative estimate of drug-likeness (QED) is 0.147. The summed E-state index contributed by atoms with van der Waals surface area (Å²) in [4.78, 5) is 0. The van der Waals surface area contributed by atoms with Gasteiger partial charge in [-0.1, -0.05) is 59.8 Å². The second-order valence-corrected chi connectivity index (χ2v) is 10.2. The lowest BCUT2D eigenvalue weighted by atomic mass is 9.92. The van der Waals surface area contributed by atoms with Crippen LogP contribution in [0.25, 0.3) is 0 Å². The van der Waals surface area contributed by atoms with Crippen molar-refractivity contribution in [2.24, 2.45) is 11.8 Å². The van der Waals surface area contributed by atoms with Crippen molar-refractivity contribution in [2.75, 3.05) is 12.3 Å². The molecule has 3 atom stereocenters. The molecule has 1 aromatic rings. The van der Waals surface area contributed by atoms with Crippen LogP contribution in [0.5, 0.6) is 0 Å². The van der Waals surface area contributed by atoms with E-state index in [0.29, 0.717) is 18.2 Å². The molecule has 0 heterocycles. The van der Waals surface area contributed by atoms with Crippen LogP contribution in [0.4, 0.5) is 22.0 Å². The van der Waals surface area contributed by atoms with E-state index < -0.39 is 42.3 Å². The smallest absolute Gasteiger partial charge is 0.200 e. The summed E-state index contributed by atoms with van der Waals surface area (Å²) < 4.78 is 69.3. The molecule has 0 aromatic heterocycles. The molecular formula is C21H33F5P+. The molecular weight excluding hydrogens is 378 g/mol. The number of benzene rings is 1. The molecule has 0 amide bonds. The fourth-order valence-corrected chi connectivity index (χ4v) is 6.96. The highest BCUT2D eigenvalue weighted by Crippen LogP contribution is 2.42. The molecule has 0 spiro atoms. The van der Waals surface area contributed by atoms with Crippen molar-refractivity contribution in [3.63, 3.8) is 0 Å². The minimum atomic E-state index is -2.07. The molecule has 0 aliphatic carbocycles. The SMILES string of the molecule is CCCC[PH+](CC(C)CCC(CC)CCC)c1c(F)c(F)c(F)c(F)c1F. The van der Waals surface area contributed by atoms with Gasteiger partial charge < -0.3 is 0 Å². The fourth-order valence-electron chi connectivity index (χ4n) is 3.64. The normalized spacial score (nSPS) is 15.0. The Morgan fingerprint density at radius 1 is 0.741 bits per heavy atom. The third-order valence-corrected chi connectivity index (χ3v) is 8.63. The molecule has 0 aliphatic heterocycles. The van der Waals surface area contributed by atoms with Crippen LogP contribution in [0.2, 0.25) is 0 Å². The molecule has 0 fully saturated rings. The maximum absolute atomic E-state index is 14.3. The lowest BCUT2D eigenvalue weighted by molar-refractivity contribution is 0.383. The fraction of sp³-hybridized carbons (Fsp3) is 0.714. The van der Waals surface area contributed by atoms with Crippen LogP contribution in [-0.4, -0.2) is 12.3 Å². The predicted octanol–water partition coefficient (Wildman–Crippen LogP) is 7.26. The summed E-state index contributed by atoms with van der Waals surface area (Å²) in [7, 11) is -1.87. The Hall–Kier alpha value is -0.700. The minimum absolute atomic E-state index is 0.205. The van der Waals surface area contributed by atoms with Crippen LogP contribution < -0.4 is 5.30 Å². The summed E-state index contributed by atoms with van der Waals surface area (Å²) in [6.07, 6.45) is 7.98. The Labute approximate surface area is 161 Å². The largest absolute Gasteiger partial charge is 0.206 e. The number of hydrogen-bond donors (Lipinski definition) is 0. The van der Waals surface area contributed by atoms with Crippen LogP contribution in [0.3, 0.4) is 0 Å². The molecule has 3 unspecified atom stereocenters. The second-order valence-electron chi connectivity index (χ2n) is 7.60. The van der Waals surface area contributed by atoms with E-state index in [0.717, 1.165) is 44.9 Å². The van der Waals surface area contributed by atoms with E-state index in [9.17, 15) is 22.0 Å². The van der Waals surface area contributed by atoms with Crippen LogP contribution in [0, 0.1) is 40.9 Å². The average Bonchev–Trinajstić information content (AvgIpc) is 2.66. The number of unbranched alkanes of at least 4 members (excludes halogenated alkanes) is 1. The predicted molar refractivity (Wildman–Crippen MR) is 106 cm³/mol. The lowest BCUT2D eigenvalue weighted by Crippen LogP contribution is -2.23. The zero-order chi connectivity index (χ0) is 20.6. The second kappa shape index (κ2) is 12.0. The van der Waals surface area contributed by atoms with E-state index in [-0.39, 0.29) is 5.92 Å². The third-order valence-electron chi connectivity index (χ3n) is 5.33. The van der Waals surface area contributed by atoms with Crippen molar-refractivity contribution < 1.29 is 22.0 Å². The maximum atomic E-state index is 14.3. The van der Waals surface area contributed by atoms with Crippen molar-refractivity contribution in [3.05, 3.63) is 29.1 Å². The van der Waals surface area contributed by atoms with Gasteiger partial charge in [-0.25, -0.2) is 13.2 Å².